The second-order valence-electron chi connectivity index (χ2n) is 5.27. The van der Waals surface area contributed by atoms with Crippen molar-refractivity contribution >= 4 is 23.4 Å². The summed E-state index contributed by atoms with van der Waals surface area (Å²) in [7, 11) is 0. The van der Waals surface area contributed by atoms with Crippen LogP contribution >= 0.6 is 11.8 Å². The Morgan fingerprint density at radius 1 is 1.28 bits per heavy atom. The normalized spacial score (nSPS) is 28.1. The van der Waals surface area contributed by atoms with E-state index in [0.717, 1.165) is 22.8 Å². The number of aromatic nitrogens is 2. The summed E-state index contributed by atoms with van der Waals surface area (Å²) < 4.78 is 0. The maximum Gasteiger partial charge on any atom is 0.191 e. The molecular formula is C13H22N4S. The van der Waals surface area contributed by atoms with E-state index in [4.69, 9.17) is 5.73 Å². The highest BCUT2D eigenvalue weighted by Gasteiger charge is 2.24. The standard InChI is InChI=1S/C13H22N4S/c1-8-4-5-10(6-9(8)2)15-12-7-11(14)16-13(17-12)18-3/h7-10H,4-6H2,1-3H3,(H3,14,15,16,17). The van der Waals surface area contributed by atoms with Crippen molar-refractivity contribution < 1.29 is 0 Å². The summed E-state index contributed by atoms with van der Waals surface area (Å²) in [4.78, 5) is 8.61. The monoisotopic (exact) mass is 266 g/mol. The van der Waals surface area contributed by atoms with Gasteiger partial charge in [-0.25, -0.2) is 9.97 Å². The van der Waals surface area contributed by atoms with Crippen LogP contribution in [0.3, 0.4) is 0 Å². The minimum atomic E-state index is 0.514. The molecule has 0 amide bonds. The average Bonchev–Trinajstić information content (AvgIpc) is 2.33. The van der Waals surface area contributed by atoms with E-state index in [1.54, 1.807) is 0 Å². The molecule has 18 heavy (non-hydrogen) atoms. The summed E-state index contributed by atoms with van der Waals surface area (Å²) in [5.41, 5.74) is 5.79. The van der Waals surface area contributed by atoms with Gasteiger partial charge >= 0.3 is 0 Å². The maximum absolute atomic E-state index is 5.79. The molecule has 3 N–H and O–H groups in total. The number of nitrogens with two attached hydrogens (primary N) is 1. The third kappa shape index (κ3) is 3.28. The Morgan fingerprint density at radius 3 is 2.72 bits per heavy atom. The van der Waals surface area contributed by atoms with Gasteiger partial charge in [0.25, 0.3) is 0 Å². The molecule has 1 fully saturated rings. The molecule has 3 unspecified atom stereocenters. The summed E-state index contributed by atoms with van der Waals surface area (Å²) in [5.74, 6) is 3.00. The molecule has 2 rings (SSSR count). The van der Waals surface area contributed by atoms with E-state index in [-0.39, 0.29) is 0 Å². The van der Waals surface area contributed by atoms with Crippen molar-refractivity contribution in [2.75, 3.05) is 17.3 Å². The van der Waals surface area contributed by atoms with Gasteiger partial charge in [-0.3, -0.25) is 0 Å². The minimum Gasteiger partial charge on any atom is -0.383 e. The van der Waals surface area contributed by atoms with Crippen LogP contribution in [0.15, 0.2) is 11.2 Å². The Hall–Kier alpha value is -0.970. The highest BCUT2D eigenvalue weighted by Crippen LogP contribution is 2.31. The molecule has 1 aliphatic carbocycles. The molecule has 1 aliphatic rings. The first-order valence-corrected chi connectivity index (χ1v) is 7.76. The maximum atomic E-state index is 5.79. The van der Waals surface area contributed by atoms with Crippen LogP contribution in [0.5, 0.6) is 0 Å². The van der Waals surface area contributed by atoms with E-state index in [9.17, 15) is 0 Å². The molecule has 0 saturated heterocycles. The Morgan fingerprint density at radius 2 is 2.06 bits per heavy atom. The Balaban J connectivity index is 2.03. The second-order valence-corrected chi connectivity index (χ2v) is 6.05. The zero-order valence-corrected chi connectivity index (χ0v) is 12.1. The van der Waals surface area contributed by atoms with Gasteiger partial charge in [-0.15, -0.1) is 0 Å². The van der Waals surface area contributed by atoms with Gasteiger partial charge in [0.05, 0.1) is 0 Å². The molecule has 1 aromatic heterocycles. The molecule has 1 aromatic rings. The second kappa shape index (κ2) is 5.78. The predicted octanol–water partition coefficient (Wildman–Crippen LogP) is 3.02. The Labute approximate surface area is 113 Å². The van der Waals surface area contributed by atoms with Crippen molar-refractivity contribution in [2.24, 2.45) is 11.8 Å². The lowest BCUT2D eigenvalue weighted by molar-refractivity contribution is 0.260. The molecule has 0 spiro atoms. The number of hydrogen-bond donors (Lipinski definition) is 2. The number of anilines is 2. The molecule has 0 aliphatic heterocycles. The van der Waals surface area contributed by atoms with Crippen molar-refractivity contribution in [3.05, 3.63) is 6.07 Å². The molecule has 4 nitrogen and oxygen atoms in total. The average molecular weight is 266 g/mol. The molecular weight excluding hydrogens is 244 g/mol. The lowest BCUT2D eigenvalue weighted by Crippen LogP contribution is -2.30. The lowest BCUT2D eigenvalue weighted by Gasteiger charge is -2.32. The van der Waals surface area contributed by atoms with Gasteiger partial charge in [-0.05, 0) is 37.4 Å². The quantitative estimate of drug-likeness (QED) is 0.650. The van der Waals surface area contributed by atoms with E-state index in [1.165, 1.54) is 31.0 Å². The van der Waals surface area contributed by atoms with Crippen molar-refractivity contribution in [1.82, 2.24) is 9.97 Å². The van der Waals surface area contributed by atoms with E-state index >= 15 is 0 Å². The van der Waals surface area contributed by atoms with E-state index in [1.807, 2.05) is 12.3 Å². The molecule has 0 bridgehead atoms. The third-order valence-electron chi connectivity index (χ3n) is 3.86. The number of nitrogens with one attached hydrogen (secondary N) is 1. The zero-order chi connectivity index (χ0) is 13.1. The summed E-state index contributed by atoms with van der Waals surface area (Å²) in [5, 5.41) is 4.23. The van der Waals surface area contributed by atoms with E-state index in [0.29, 0.717) is 11.9 Å². The van der Waals surface area contributed by atoms with E-state index < -0.39 is 0 Å². The summed E-state index contributed by atoms with van der Waals surface area (Å²) in [6, 6.07) is 2.34. The topological polar surface area (TPSA) is 63.8 Å². The largest absolute Gasteiger partial charge is 0.383 e. The van der Waals surface area contributed by atoms with Crippen LogP contribution in [0.4, 0.5) is 11.6 Å². The SMILES string of the molecule is CSc1nc(N)cc(NC2CCC(C)C(C)C2)n1. The number of nitrogen functional groups attached to an aromatic ring is 1. The smallest absolute Gasteiger partial charge is 0.191 e. The van der Waals surface area contributed by atoms with Crippen molar-refractivity contribution in [3.63, 3.8) is 0 Å². The van der Waals surface area contributed by atoms with Crippen LogP contribution in [-0.4, -0.2) is 22.3 Å². The van der Waals surface area contributed by atoms with Crippen LogP contribution < -0.4 is 11.1 Å². The lowest BCUT2D eigenvalue weighted by atomic mass is 9.79. The first kappa shape index (κ1) is 13.5. The number of hydrogen-bond acceptors (Lipinski definition) is 5. The Bertz CT molecular complexity index is 410. The van der Waals surface area contributed by atoms with Gasteiger partial charge in [-0.2, -0.15) is 0 Å². The van der Waals surface area contributed by atoms with Crippen molar-refractivity contribution in [1.29, 1.82) is 0 Å². The van der Waals surface area contributed by atoms with Crippen molar-refractivity contribution in [3.8, 4) is 0 Å². The fraction of sp³-hybridized carbons (Fsp3) is 0.692. The van der Waals surface area contributed by atoms with Crippen LogP contribution in [0.1, 0.15) is 33.1 Å². The van der Waals surface area contributed by atoms with Gasteiger partial charge in [0.2, 0.25) is 0 Å². The van der Waals surface area contributed by atoms with Gasteiger partial charge in [0.1, 0.15) is 11.6 Å². The van der Waals surface area contributed by atoms with Gasteiger partial charge in [0, 0.05) is 12.1 Å². The summed E-state index contributed by atoms with van der Waals surface area (Å²) in [6.07, 6.45) is 5.67. The molecule has 0 radical (unpaired) electrons. The zero-order valence-electron chi connectivity index (χ0n) is 11.3. The number of nitrogens with zero attached hydrogens (tertiary/aromatic N) is 2. The molecule has 100 valence electrons. The first-order valence-electron chi connectivity index (χ1n) is 6.53. The predicted molar refractivity (Wildman–Crippen MR) is 77.8 cm³/mol. The summed E-state index contributed by atoms with van der Waals surface area (Å²) >= 11 is 1.52. The van der Waals surface area contributed by atoms with Crippen LogP contribution in [-0.2, 0) is 0 Å². The number of thioether (sulfide) groups is 1. The van der Waals surface area contributed by atoms with Crippen LogP contribution in [0, 0.1) is 11.8 Å². The third-order valence-corrected chi connectivity index (χ3v) is 4.41. The first-order chi connectivity index (χ1) is 8.58. The van der Waals surface area contributed by atoms with Gasteiger partial charge in [-0.1, -0.05) is 25.6 Å². The molecule has 5 heteroatoms. The molecule has 1 saturated carbocycles. The minimum absolute atomic E-state index is 0.514. The van der Waals surface area contributed by atoms with Gasteiger partial charge in [0.15, 0.2) is 5.16 Å². The van der Waals surface area contributed by atoms with E-state index in [2.05, 4.69) is 29.1 Å². The molecule has 1 heterocycles. The fourth-order valence-corrected chi connectivity index (χ4v) is 2.88. The van der Waals surface area contributed by atoms with Crippen LogP contribution in [0.2, 0.25) is 0 Å². The molecule has 3 atom stereocenters. The Kier molecular flexibility index (Phi) is 4.32. The molecule has 0 aromatic carbocycles. The highest BCUT2D eigenvalue weighted by atomic mass is 32.2. The fourth-order valence-electron chi connectivity index (χ4n) is 2.50. The number of rotatable bonds is 3. The van der Waals surface area contributed by atoms with Gasteiger partial charge < -0.3 is 11.1 Å². The highest BCUT2D eigenvalue weighted by molar-refractivity contribution is 7.98. The van der Waals surface area contributed by atoms with Crippen molar-refractivity contribution in [2.45, 2.75) is 44.3 Å². The summed E-state index contributed by atoms with van der Waals surface area (Å²) in [6.45, 7) is 4.68. The van der Waals surface area contributed by atoms with Crippen LogP contribution in [0.25, 0.3) is 0 Å².